The largest absolute Gasteiger partial charge is 0.393 e. The molecule has 0 aliphatic heterocycles. The zero-order valence-electron chi connectivity index (χ0n) is 11.1. The van der Waals surface area contributed by atoms with Crippen LogP contribution >= 0.6 is 0 Å². The van der Waals surface area contributed by atoms with Crippen LogP contribution < -0.4 is 0 Å². The molecule has 0 amide bonds. The van der Waals surface area contributed by atoms with Crippen LogP contribution in [0.1, 0.15) is 38.2 Å². The van der Waals surface area contributed by atoms with Gasteiger partial charge in [-0.2, -0.15) is 0 Å². The van der Waals surface area contributed by atoms with Gasteiger partial charge < -0.3 is 14.9 Å². The summed E-state index contributed by atoms with van der Waals surface area (Å²) in [5.74, 6) is 0. The SMILES string of the molecule is CCCC[C@@H](O)C[C@H](O)COCc1ccccc1. The van der Waals surface area contributed by atoms with Crippen molar-refractivity contribution in [2.75, 3.05) is 6.61 Å². The lowest BCUT2D eigenvalue weighted by atomic mass is 10.1. The Morgan fingerprint density at radius 1 is 1.11 bits per heavy atom. The highest BCUT2D eigenvalue weighted by molar-refractivity contribution is 5.13. The Morgan fingerprint density at radius 2 is 1.83 bits per heavy atom. The van der Waals surface area contributed by atoms with Gasteiger partial charge in [-0.25, -0.2) is 0 Å². The Kier molecular flexibility index (Phi) is 7.65. The van der Waals surface area contributed by atoms with E-state index < -0.39 is 12.2 Å². The van der Waals surface area contributed by atoms with Crippen LogP contribution in [0, 0.1) is 0 Å². The number of aliphatic hydroxyl groups is 2. The molecule has 0 unspecified atom stereocenters. The predicted molar refractivity (Wildman–Crippen MR) is 72.3 cm³/mol. The summed E-state index contributed by atoms with van der Waals surface area (Å²) in [5.41, 5.74) is 1.09. The number of aliphatic hydroxyl groups excluding tert-OH is 2. The van der Waals surface area contributed by atoms with Crippen molar-refractivity contribution < 1.29 is 14.9 Å². The van der Waals surface area contributed by atoms with Crippen molar-refractivity contribution in [3.63, 3.8) is 0 Å². The fraction of sp³-hybridized carbons (Fsp3) is 0.600. The van der Waals surface area contributed by atoms with Crippen LogP contribution in [0.15, 0.2) is 30.3 Å². The van der Waals surface area contributed by atoms with Gasteiger partial charge in [0.1, 0.15) is 0 Å². The lowest BCUT2D eigenvalue weighted by molar-refractivity contribution is -0.000664. The smallest absolute Gasteiger partial charge is 0.0798 e. The second-order valence-corrected chi connectivity index (χ2v) is 4.69. The van der Waals surface area contributed by atoms with Crippen molar-refractivity contribution in [1.82, 2.24) is 0 Å². The average molecular weight is 252 g/mol. The van der Waals surface area contributed by atoms with E-state index in [1.165, 1.54) is 0 Å². The molecule has 0 bridgehead atoms. The average Bonchev–Trinajstić information content (AvgIpc) is 2.37. The molecular formula is C15H24O3. The van der Waals surface area contributed by atoms with E-state index in [-0.39, 0.29) is 6.61 Å². The second-order valence-electron chi connectivity index (χ2n) is 4.69. The van der Waals surface area contributed by atoms with E-state index >= 15 is 0 Å². The minimum absolute atomic E-state index is 0.276. The molecule has 2 atom stereocenters. The number of hydrogen-bond donors (Lipinski definition) is 2. The first-order valence-corrected chi connectivity index (χ1v) is 6.70. The van der Waals surface area contributed by atoms with Crippen molar-refractivity contribution >= 4 is 0 Å². The maximum atomic E-state index is 9.71. The molecule has 0 saturated heterocycles. The number of rotatable bonds is 9. The first-order valence-electron chi connectivity index (χ1n) is 6.70. The zero-order chi connectivity index (χ0) is 13.2. The number of benzene rings is 1. The predicted octanol–water partition coefficient (Wildman–Crippen LogP) is 2.51. The molecule has 1 aromatic carbocycles. The molecule has 0 spiro atoms. The Bertz CT molecular complexity index is 300. The Morgan fingerprint density at radius 3 is 2.50 bits per heavy atom. The van der Waals surface area contributed by atoms with Crippen molar-refractivity contribution in [3.05, 3.63) is 35.9 Å². The summed E-state index contributed by atoms with van der Waals surface area (Å²) in [6.45, 7) is 2.87. The van der Waals surface area contributed by atoms with E-state index in [1.807, 2.05) is 30.3 Å². The summed E-state index contributed by atoms with van der Waals surface area (Å²) in [6.07, 6.45) is 2.22. The summed E-state index contributed by atoms with van der Waals surface area (Å²) in [6, 6.07) is 9.86. The van der Waals surface area contributed by atoms with Gasteiger partial charge in [0.15, 0.2) is 0 Å². The highest BCUT2D eigenvalue weighted by Crippen LogP contribution is 2.08. The molecule has 0 saturated carbocycles. The van der Waals surface area contributed by atoms with Gasteiger partial charge in [-0.15, -0.1) is 0 Å². The number of unbranched alkanes of at least 4 members (excludes halogenated alkanes) is 1. The Labute approximate surface area is 109 Å². The molecule has 0 radical (unpaired) electrons. The lowest BCUT2D eigenvalue weighted by Crippen LogP contribution is -2.22. The molecule has 0 fully saturated rings. The van der Waals surface area contributed by atoms with Crippen molar-refractivity contribution in [2.45, 2.75) is 51.4 Å². The quantitative estimate of drug-likeness (QED) is 0.710. The van der Waals surface area contributed by atoms with E-state index in [0.29, 0.717) is 13.0 Å². The van der Waals surface area contributed by atoms with Crippen molar-refractivity contribution in [1.29, 1.82) is 0 Å². The van der Waals surface area contributed by atoms with Crippen LogP contribution in [0.4, 0.5) is 0 Å². The summed E-state index contributed by atoms with van der Waals surface area (Å²) in [4.78, 5) is 0. The van der Waals surface area contributed by atoms with Crippen LogP contribution in [-0.4, -0.2) is 29.0 Å². The molecule has 0 heterocycles. The van der Waals surface area contributed by atoms with E-state index in [0.717, 1.165) is 24.8 Å². The summed E-state index contributed by atoms with van der Waals surface area (Å²) < 4.78 is 5.43. The van der Waals surface area contributed by atoms with Gasteiger partial charge in [0.2, 0.25) is 0 Å². The highest BCUT2D eigenvalue weighted by Gasteiger charge is 2.11. The molecule has 1 rings (SSSR count). The van der Waals surface area contributed by atoms with Gasteiger partial charge in [0.25, 0.3) is 0 Å². The monoisotopic (exact) mass is 252 g/mol. The first-order chi connectivity index (χ1) is 8.72. The topological polar surface area (TPSA) is 49.7 Å². The Hall–Kier alpha value is -0.900. The standard InChI is InChI=1S/C15H24O3/c1-2-3-9-14(16)10-15(17)12-18-11-13-7-5-4-6-8-13/h4-8,14-17H,2-3,9-12H2,1H3/t14-,15+/m1/s1. The minimum atomic E-state index is -0.583. The second kappa shape index (κ2) is 9.09. The van der Waals surface area contributed by atoms with Crippen molar-refractivity contribution in [3.8, 4) is 0 Å². The van der Waals surface area contributed by atoms with Crippen molar-refractivity contribution in [2.24, 2.45) is 0 Å². The van der Waals surface area contributed by atoms with Crippen LogP contribution in [0.3, 0.4) is 0 Å². The van der Waals surface area contributed by atoms with Crippen LogP contribution in [0.5, 0.6) is 0 Å². The van der Waals surface area contributed by atoms with Crippen LogP contribution in [0.25, 0.3) is 0 Å². The fourth-order valence-electron chi connectivity index (χ4n) is 1.83. The normalized spacial score (nSPS) is 14.4. The first kappa shape index (κ1) is 15.2. The summed E-state index contributed by atoms with van der Waals surface area (Å²) in [5, 5.41) is 19.4. The molecule has 0 aliphatic rings. The van der Waals surface area contributed by atoms with Crippen LogP contribution in [-0.2, 0) is 11.3 Å². The van der Waals surface area contributed by atoms with Gasteiger partial charge in [0, 0.05) is 6.42 Å². The third-order valence-electron chi connectivity index (χ3n) is 2.86. The fourth-order valence-corrected chi connectivity index (χ4v) is 1.83. The summed E-state index contributed by atoms with van der Waals surface area (Å²) in [7, 11) is 0. The maximum absolute atomic E-state index is 9.71. The van der Waals surface area contributed by atoms with E-state index in [4.69, 9.17) is 4.74 Å². The number of hydrogen-bond acceptors (Lipinski definition) is 3. The highest BCUT2D eigenvalue weighted by atomic mass is 16.5. The molecule has 3 nitrogen and oxygen atoms in total. The Balaban J connectivity index is 2.11. The van der Waals surface area contributed by atoms with Gasteiger partial charge in [0.05, 0.1) is 25.4 Å². The molecule has 0 aromatic heterocycles. The molecule has 3 heteroatoms. The van der Waals surface area contributed by atoms with E-state index in [9.17, 15) is 10.2 Å². The van der Waals surface area contributed by atoms with Gasteiger partial charge in [-0.3, -0.25) is 0 Å². The third kappa shape index (κ3) is 6.74. The molecule has 102 valence electrons. The van der Waals surface area contributed by atoms with Crippen LogP contribution in [0.2, 0.25) is 0 Å². The lowest BCUT2D eigenvalue weighted by Gasteiger charge is -2.15. The molecule has 18 heavy (non-hydrogen) atoms. The van der Waals surface area contributed by atoms with Gasteiger partial charge in [-0.05, 0) is 12.0 Å². The van der Waals surface area contributed by atoms with Gasteiger partial charge >= 0.3 is 0 Å². The van der Waals surface area contributed by atoms with E-state index in [1.54, 1.807) is 0 Å². The minimum Gasteiger partial charge on any atom is -0.393 e. The number of ether oxygens (including phenoxy) is 1. The molecular weight excluding hydrogens is 228 g/mol. The summed E-state index contributed by atoms with van der Waals surface area (Å²) >= 11 is 0. The molecule has 2 N–H and O–H groups in total. The van der Waals surface area contributed by atoms with E-state index in [2.05, 4.69) is 6.92 Å². The maximum Gasteiger partial charge on any atom is 0.0798 e. The zero-order valence-corrected chi connectivity index (χ0v) is 11.1. The molecule has 0 aliphatic carbocycles. The third-order valence-corrected chi connectivity index (χ3v) is 2.86. The van der Waals surface area contributed by atoms with Gasteiger partial charge in [-0.1, -0.05) is 50.1 Å². The molecule has 1 aromatic rings.